The highest BCUT2D eigenvalue weighted by molar-refractivity contribution is 5.95. The normalized spacial score (nSPS) is 11.8. The molecule has 3 nitrogen and oxygen atoms in total. The number of rotatable bonds is 3. The number of benzene rings is 1. The van der Waals surface area contributed by atoms with E-state index in [0.717, 1.165) is 22.3 Å². The van der Waals surface area contributed by atoms with E-state index in [0.29, 0.717) is 0 Å². The van der Waals surface area contributed by atoms with Crippen molar-refractivity contribution >= 4 is 16.6 Å². The number of anilines is 1. The second-order valence-corrected chi connectivity index (χ2v) is 3.75. The second kappa shape index (κ2) is 4.75. The number of methoxy groups -OCH3 is 1. The fourth-order valence-corrected chi connectivity index (χ4v) is 1.72. The number of aromatic nitrogens is 1. The molecule has 17 heavy (non-hydrogen) atoms. The van der Waals surface area contributed by atoms with Gasteiger partial charge in [0.15, 0.2) is 0 Å². The molecule has 0 aliphatic carbocycles. The summed E-state index contributed by atoms with van der Waals surface area (Å²) in [6, 6.07) is 7.74. The molecule has 2 aromatic rings. The molecule has 0 radical (unpaired) electrons. The Balaban J connectivity index is 2.55. The molecule has 86 valence electrons. The summed E-state index contributed by atoms with van der Waals surface area (Å²) in [7, 11) is 1.66. The Hall–Kier alpha value is -2.21. The number of nitrogens with zero attached hydrogens (tertiary/aromatic N) is 1. The van der Waals surface area contributed by atoms with Gasteiger partial charge >= 0.3 is 0 Å². The van der Waals surface area contributed by atoms with Crippen molar-refractivity contribution in [1.82, 2.24) is 4.98 Å². The molecule has 1 atom stereocenters. The van der Waals surface area contributed by atoms with Gasteiger partial charge in [0.1, 0.15) is 11.6 Å². The lowest BCUT2D eigenvalue weighted by atomic mass is 10.1. The van der Waals surface area contributed by atoms with Gasteiger partial charge in [-0.15, -0.1) is 6.42 Å². The Bertz CT molecular complexity index is 572. The molecule has 0 aliphatic rings. The first-order valence-electron chi connectivity index (χ1n) is 5.40. The van der Waals surface area contributed by atoms with Crippen LogP contribution in [0.4, 0.5) is 5.82 Å². The molecule has 0 fully saturated rings. The summed E-state index contributed by atoms with van der Waals surface area (Å²) >= 11 is 0. The highest BCUT2D eigenvalue weighted by atomic mass is 16.5. The van der Waals surface area contributed by atoms with E-state index in [1.165, 1.54) is 0 Å². The van der Waals surface area contributed by atoms with Crippen molar-refractivity contribution in [1.29, 1.82) is 0 Å². The molecule has 1 aromatic heterocycles. The van der Waals surface area contributed by atoms with E-state index in [-0.39, 0.29) is 6.04 Å². The summed E-state index contributed by atoms with van der Waals surface area (Å²) in [5.74, 6) is 4.24. The number of hydrogen-bond acceptors (Lipinski definition) is 3. The maximum absolute atomic E-state index is 5.36. The summed E-state index contributed by atoms with van der Waals surface area (Å²) in [6.45, 7) is 1.92. The van der Waals surface area contributed by atoms with Crippen LogP contribution in [0.15, 0.2) is 30.5 Å². The monoisotopic (exact) mass is 226 g/mol. The van der Waals surface area contributed by atoms with Crippen LogP contribution >= 0.6 is 0 Å². The summed E-state index contributed by atoms with van der Waals surface area (Å²) < 4.78 is 5.32. The van der Waals surface area contributed by atoms with Crippen LogP contribution in [0.2, 0.25) is 0 Å². The van der Waals surface area contributed by atoms with Gasteiger partial charge in [0, 0.05) is 17.0 Å². The average Bonchev–Trinajstić information content (AvgIpc) is 2.38. The fourth-order valence-electron chi connectivity index (χ4n) is 1.72. The first-order valence-corrected chi connectivity index (χ1v) is 5.40. The van der Waals surface area contributed by atoms with E-state index in [2.05, 4.69) is 16.2 Å². The van der Waals surface area contributed by atoms with Crippen molar-refractivity contribution in [2.45, 2.75) is 13.0 Å². The van der Waals surface area contributed by atoms with Crippen LogP contribution in [0.1, 0.15) is 6.92 Å². The third-order valence-electron chi connectivity index (χ3n) is 2.59. The Labute approximate surface area is 101 Å². The topological polar surface area (TPSA) is 34.2 Å². The summed E-state index contributed by atoms with van der Waals surface area (Å²) in [6.07, 6.45) is 7.10. The van der Waals surface area contributed by atoms with Crippen LogP contribution in [0.3, 0.4) is 0 Å². The second-order valence-electron chi connectivity index (χ2n) is 3.75. The van der Waals surface area contributed by atoms with E-state index in [9.17, 15) is 0 Å². The van der Waals surface area contributed by atoms with Gasteiger partial charge in [0.05, 0.1) is 13.2 Å². The van der Waals surface area contributed by atoms with Crippen molar-refractivity contribution in [3.05, 3.63) is 30.5 Å². The van der Waals surface area contributed by atoms with Gasteiger partial charge in [0.2, 0.25) is 0 Å². The zero-order chi connectivity index (χ0) is 12.3. The third-order valence-corrected chi connectivity index (χ3v) is 2.59. The molecule has 0 bridgehead atoms. The van der Waals surface area contributed by atoms with Crippen LogP contribution < -0.4 is 10.1 Å². The van der Waals surface area contributed by atoms with E-state index >= 15 is 0 Å². The van der Waals surface area contributed by atoms with Gasteiger partial charge < -0.3 is 10.1 Å². The number of pyridine rings is 1. The van der Waals surface area contributed by atoms with Gasteiger partial charge in [-0.25, -0.2) is 4.98 Å². The van der Waals surface area contributed by atoms with Gasteiger partial charge in [-0.3, -0.25) is 0 Å². The maximum Gasteiger partial charge on any atom is 0.134 e. The molecular formula is C14H14N2O. The molecule has 3 heteroatoms. The number of hydrogen-bond donors (Lipinski definition) is 1. The first kappa shape index (κ1) is 11.3. The zero-order valence-corrected chi connectivity index (χ0v) is 9.90. The fraction of sp³-hybridized carbons (Fsp3) is 0.214. The zero-order valence-electron chi connectivity index (χ0n) is 9.90. The Morgan fingerprint density at radius 2 is 2.18 bits per heavy atom. The minimum Gasteiger partial charge on any atom is -0.496 e. The van der Waals surface area contributed by atoms with Crippen LogP contribution in [-0.4, -0.2) is 18.1 Å². The van der Waals surface area contributed by atoms with Crippen LogP contribution in [-0.2, 0) is 0 Å². The molecule has 0 amide bonds. The molecule has 0 aliphatic heterocycles. The number of nitrogens with one attached hydrogen (secondary N) is 1. The minimum atomic E-state index is -0.0562. The van der Waals surface area contributed by atoms with Gasteiger partial charge in [-0.2, -0.15) is 0 Å². The smallest absolute Gasteiger partial charge is 0.134 e. The minimum absolute atomic E-state index is 0.0562. The highest BCUT2D eigenvalue weighted by Gasteiger charge is 2.07. The van der Waals surface area contributed by atoms with Crippen molar-refractivity contribution in [2.75, 3.05) is 12.4 Å². The molecule has 1 N–H and O–H groups in total. The number of terminal acetylenes is 1. The number of fused-ring (bicyclic) bond motifs is 1. The van der Waals surface area contributed by atoms with Crippen molar-refractivity contribution < 1.29 is 4.74 Å². The lowest BCUT2D eigenvalue weighted by molar-refractivity contribution is 0.420. The van der Waals surface area contributed by atoms with E-state index < -0.39 is 0 Å². The van der Waals surface area contributed by atoms with Crippen molar-refractivity contribution in [3.8, 4) is 18.1 Å². The molecule has 1 unspecified atom stereocenters. The molecule has 2 rings (SSSR count). The molecule has 0 spiro atoms. The molecule has 0 saturated carbocycles. The summed E-state index contributed by atoms with van der Waals surface area (Å²) in [5, 5.41) is 5.22. The molecule has 0 saturated heterocycles. The van der Waals surface area contributed by atoms with Crippen molar-refractivity contribution in [3.63, 3.8) is 0 Å². The Morgan fingerprint density at radius 3 is 2.88 bits per heavy atom. The van der Waals surface area contributed by atoms with E-state index in [4.69, 9.17) is 11.2 Å². The summed E-state index contributed by atoms with van der Waals surface area (Å²) in [4.78, 5) is 4.31. The SMILES string of the molecule is C#CC(C)Nc1nccc2c(OC)cccc12. The first-order chi connectivity index (χ1) is 8.26. The maximum atomic E-state index is 5.36. The summed E-state index contributed by atoms with van der Waals surface area (Å²) in [5.41, 5.74) is 0. The Kier molecular flexibility index (Phi) is 3.15. The van der Waals surface area contributed by atoms with E-state index in [1.807, 2.05) is 31.2 Å². The van der Waals surface area contributed by atoms with Gasteiger partial charge in [-0.05, 0) is 19.1 Å². The van der Waals surface area contributed by atoms with E-state index in [1.54, 1.807) is 13.3 Å². The molecule has 1 aromatic carbocycles. The van der Waals surface area contributed by atoms with Crippen LogP contribution in [0.5, 0.6) is 5.75 Å². The number of ether oxygens (including phenoxy) is 1. The lowest BCUT2D eigenvalue weighted by Crippen LogP contribution is -2.13. The van der Waals surface area contributed by atoms with Gasteiger partial charge in [0.25, 0.3) is 0 Å². The van der Waals surface area contributed by atoms with Crippen LogP contribution in [0.25, 0.3) is 10.8 Å². The predicted octanol–water partition coefficient (Wildman–Crippen LogP) is 2.68. The molecule has 1 heterocycles. The highest BCUT2D eigenvalue weighted by Crippen LogP contribution is 2.29. The van der Waals surface area contributed by atoms with Crippen LogP contribution in [0, 0.1) is 12.3 Å². The third kappa shape index (κ3) is 2.16. The Morgan fingerprint density at radius 1 is 1.35 bits per heavy atom. The average molecular weight is 226 g/mol. The predicted molar refractivity (Wildman–Crippen MR) is 70.2 cm³/mol. The van der Waals surface area contributed by atoms with Crippen molar-refractivity contribution in [2.24, 2.45) is 0 Å². The largest absolute Gasteiger partial charge is 0.496 e. The van der Waals surface area contributed by atoms with Gasteiger partial charge in [-0.1, -0.05) is 18.1 Å². The molecular weight excluding hydrogens is 212 g/mol. The lowest BCUT2D eigenvalue weighted by Gasteiger charge is -2.12. The standard InChI is InChI=1S/C14H14N2O/c1-4-10(2)16-14-12-6-5-7-13(17-3)11(12)8-9-15-14/h1,5-10H,2-3H3,(H,15,16). The quantitative estimate of drug-likeness (QED) is 0.817.